The molecule has 0 aliphatic heterocycles. The summed E-state index contributed by atoms with van der Waals surface area (Å²) in [7, 11) is 0. The number of hydrogen-bond donors (Lipinski definition) is 2. The van der Waals surface area contributed by atoms with Crippen LogP contribution in [0.1, 0.15) is 33.3 Å². The van der Waals surface area contributed by atoms with Gasteiger partial charge in [0.05, 0.1) is 44.7 Å². The van der Waals surface area contributed by atoms with Crippen molar-refractivity contribution in [3.8, 4) is 0 Å². The zero-order valence-electron chi connectivity index (χ0n) is 14.8. The highest BCUT2D eigenvalue weighted by Crippen LogP contribution is 1.99. The van der Waals surface area contributed by atoms with Crippen molar-refractivity contribution in [3.05, 3.63) is 35.9 Å². The van der Waals surface area contributed by atoms with E-state index in [4.69, 9.17) is 24.4 Å². The highest BCUT2D eigenvalue weighted by Gasteiger charge is 2.07. The van der Waals surface area contributed by atoms with Gasteiger partial charge in [-0.1, -0.05) is 30.3 Å². The molecule has 0 saturated heterocycles. The third-order valence-corrected chi connectivity index (χ3v) is 2.81. The molecule has 0 bridgehead atoms. The van der Waals surface area contributed by atoms with Crippen LogP contribution in [0.5, 0.6) is 0 Å². The molecule has 1 aromatic carbocycles. The van der Waals surface area contributed by atoms with Crippen LogP contribution in [0.4, 0.5) is 0 Å². The maximum absolute atomic E-state index is 8.92. The van der Waals surface area contributed by atoms with Crippen LogP contribution in [0.2, 0.25) is 0 Å². The molecule has 2 N–H and O–H groups in total. The second kappa shape index (κ2) is 14.6. The molecule has 0 spiro atoms. The van der Waals surface area contributed by atoms with Crippen molar-refractivity contribution in [2.24, 2.45) is 0 Å². The van der Waals surface area contributed by atoms with Gasteiger partial charge in [-0.25, -0.2) is 0 Å². The first-order valence-corrected chi connectivity index (χ1v) is 8.13. The molecule has 134 valence electrons. The molecule has 0 fully saturated rings. The zero-order valence-corrected chi connectivity index (χ0v) is 14.8. The van der Waals surface area contributed by atoms with Gasteiger partial charge in [-0.15, -0.1) is 0 Å². The van der Waals surface area contributed by atoms with Crippen LogP contribution in [-0.4, -0.2) is 55.0 Å². The Balaban J connectivity index is 0.000000433. The predicted molar refractivity (Wildman–Crippen MR) is 91.4 cm³/mol. The minimum Gasteiger partial charge on any atom is -0.394 e. The largest absolute Gasteiger partial charge is 0.394 e. The topological polar surface area (TPSA) is 68.2 Å². The van der Waals surface area contributed by atoms with Gasteiger partial charge in [0.2, 0.25) is 0 Å². The average molecular weight is 328 g/mol. The fraction of sp³-hybridized carbons (Fsp3) is 0.667. The maximum atomic E-state index is 8.92. The number of ether oxygens (including phenoxy) is 3. The Kier molecular flexibility index (Phi) is 14.0. The van der Waals surface area contributed by atoms with Gasteiger partial charge in [-0.3, -0.25) is 0 Å². The minimum atomic E-state index is -0.447. The van der Waals surface area contributed by atoms with E-state index in [1.54, 1.807) is 13.8 Å². The van der Waals surface area contributed by atoms with E-state index in [0.717, 1.165) is 13.2 Å². The molecule has 0 aliphatic rings. The van der Waals surface area contributed by atoms with E-state index in [-0.39, 0.29) is 18.8 Å². The average Bonchev–Trinajstić information content (AvgIpc) is 2.57. The summed E-state index contributed by atoms with van der Waals surface area (Å²) in [6.45, 7) is 9.63. The van der Waals surface area contributed by atoms with Gasteiger partial charge >= 0.3 is 0 Å². The number of benzene rings is 1. The highest BCUT2D eigenvalue weighted by molar-refractivity contribution is 5.13. The number of aliphatic hydroxyl groups excluding tert-OH is 2. The van der Waals surface area contributed by atoms with Crippen LogP contribution < -0.4 is 0 Å². The summed E-state index contributed by atoms with van der Waals surface area (Å²) >= 11 is 0. The van der Waals surface area contributed by atoms with Crippen molar-refractivity contribution < 1.29 is 24.4 Å². The Hall–Kier alpha value is -0.980. The Morgan fingerprint density at radius 1 is 0.957 bits per heavy atom. The van der Waals surface area contributed by atoms with E-state index >= 15 is 0 Å². The third-order valence-electron chi connectivity index (χ3n) is 2.81. The first-order chi connectivity index (χ1) is 11.0. The quantitative estimate of drug-likeness (QED) is 0.690. The zero-order chi connectivity index (χ0) is 17.5. The molecule has 1 rings (SSSR count). The van der Waals surface area contributed by atoms with E-state index in [1.807, 2.05) is 32.0 Å². The monoisotopic (exact) mass is 328 g/mol. The second-order valence-corrected chi connectivity index (χ2v) is 5.44. The van der Waals surface area contributed by atoms with Gasteiger partial charge < -0.3 is 24.4 Å². The predicted octanol–water partition coefficient (Wildman–Crippen LogP) is 2.39. The first kappa shape index (κ1) is 22.0. The normalized spacial score (nSPS) is 14.5. The lowest BCUT2D eigenvalue weighted by Crippen LogP contribution is -2.24. The fourth-order valence-corrected chi connectivity index (χ4v) is 1.50. The van der Waals surface area contributed by atoms with Crippen molar-refractivity contribution in [1.29, 1.82) is 0 Å². The summed E-state index contributed by atoms with van der Waals surface area (Å²) in [5.41, 5.74) is 1.24. The van der Waals surface area contributed by atoms with Crippen LogP contribution >= 0.6 is 0 Å². The van der Waals surface area contributed by atoms with Gasteiger partial charge in [0, 0.05) is 6.61 Å². The Bertz CT molecular complexity index is 356. The second-order valence-electron chi connectivity index (χ2n) is 5.44. The molecule has 0 aromatic heterocycles. The van der Waals surface area contributed by atoms with Gasteiger partial charge in [0.1, 0.15) is 0 Å². The Labute approximate surface area is 140 Å². The van der Waals surface area contributed by atoms with Crippen LogP contribution in [0, 0.1) is 0 Å². The first-order valence-electron chi connectivity index (χ1n) is 8.13. The maximum Gasteiger partial charge on any atom is 0.0781 e. The van der Waals surface area contributed by atoms with Gasteiger partial charge in [-0.2, -0.15) is 0 Å². The summed E-state index contributed by atoms with van der Waals surface area (Å²) in [6.07, 6.45) is -0.654. The standard InChI is InChI=1S/C9H20O4.C9H12O/c1-7(11)5-12-9(3)6-13-8(2)4-10;1-2-10-8-9-6-4-3-5-7-9/h7-11H,4-6H2,1-3H3;3-7H,2,8H2,1H3. The van der Waals surface area contributed by atoms with Crippen LogP contribution in [0.3, 0.4) is 0 Å². The summed E-state index contributed by atoms with van der Waals surface area (Å²) in [5.74, 6) is 0. The molecule has 3 atom stereocenters. The van der Waals surface area contributed by atoms with Gasteiger partial charge in [0.15, 0.2) is 0 Å². The highest BCUT2D eigenvalue weighted by atomic mass is 16.5. The third kappa shape index (κ3) is 14.3. The van der Waals surface area contributed by atoms with Crippen molar-refractivity contribution in [3.63, 3.8) is 0 Å². The van der Waals surface area contributed by atoms with E-state index in [1.165, 1.54) is 5.56 Å². The summed E-state index contributed by atoms with van der Waals surface area (Å²) < 4.78 is 15.7. The lowest BCUT2D eigenvalue weighted by Gasteiger charge is -2.16. The van der Waals surface area contributed by atoms with E-state index in [0.29, 0.717) is 13.2 Å². The smallest absolute Gasteiger partial charge is 0.0781 e. The molecular weight excluding hydrogens is 296 g/mol. The molecule has 0 amide bonds. The van der Waals surface area contributed by atoms with Crippen LogP contribution in [-0.2, 0) is 20.8 Å². The van der Waals surface area contributed by atoms with E-state index in [9.17, 15) is 0 Å². The number of rotatable bonds is 10. The molecule has 0 saturated carbocycles. The summed E-state index contributed by atoms with van der Waals surface area (Å²) in [6, 6.07) is 10.2. The van der Waals surface area contributed by atoms with E-state index in [2.05, 4.69) is 12.1 Å². The summed E-state index contributed by atoms with van der Waals surface area (Å²) in [5, 5.41) is 17.6. The number of aliphatic hydroxyl groups is 2. The Morgan fingerprint density at radius 2 is 1.57 bits per heavy atom. The molecule has 5 heteroatoms. The van der Waals surface area contributed by atoms with Crippen molar-refractivity contribution in [2.45, 2.75) is 52.6 Å². The lowest BCUT2D eigenvalue weighted by molar-refractivity contribution is -0.0620. The van der Waals surface area contributed by atoms with E-state index < -0.39 is 6.10 Å². The van der Waals surface area contributed by atoms with Crippen molar-refractivity contribution in [1.82, 2.24) is 0 Å². The van der Waals surface area contributed by atoms with Gasteiger partial charge in [0.25, 0.3) is 0 Å². The molecule has 5 nitrogen and oxygen atoms in total. The lowest BCUT2D eigenvalue weighted by atomic mass is 10.2. The van der Waals surface area contributed by atoms with Crippen LogP contribution in [0.15, 0.2) is 30.3 Å². The molecular formula is C18H32O5. The fourth-order valence-electron chi connectivity index (χ4n) is 1.50. The molecule has 0 heterocycles. The van der Waals surface area contributed by atoms with Crippen LogP contribution in [0.25, 0.3) is 0 Å². The summed E-state index contributed by atoms with van der Waals surface area (Å²) in [4.78, 5) is 0. The van der Waals surface area contributed by atoms with Crippen molar-refractivity contribution >= 4 is 0 Å². The van der Waals surface area contributed by atoms with Gasteiger partial charge in [-0.05, 0) is 33.3 Å². The molecule has 1 aromatic rings. The molecule has 23 heavy (non-hydrogen) atoms. The number of hydrogen-bond acceptors (Lipinski definition) is 5. The molecule has 0 radical (unpaired) electrons. The van der Waals surface area contributed by atoms with Crippen molar-refractivity contribution in [2.75, 3.05) is 26.4 Å². The molecule has 0 aliphatic carbocycles. The minimum absolute atomic E-state index is 0.0170. The Morgan fingerprint density at radius 3 is 2.09 bits per heavy atom. The SMILES string of the molecule is CC(O)COC(C)COC(C)CO.CCOCc1ccccc1. The molecule has 3 unspecified atom stereocenters.